The molecule has 0 unspecified atom stereocenters. The van der Waals surface area contributed by atoms with Gasteiger partial charge in [0.1, 0.15) is 18.2 Å². The number of alkyl halides is 3. The van der Waals surface area contributed by atoms with Crippen LogP contribution in [0.2, 0.25) is 0 Å². The predicted molar refractivity (Wildman–Crippen MR) is 66.6 cm³/mol. The van der Waals surface area contributed by atoms with Gasteiger partial charge in [-0.15, -0.1) is 0 Å². The van der Waals surface area contributed by atoms with E-state index in [2.05, 4.69) is 0 Å². The van der Waals surface area contributed by atoms with E-state index in [-0.39, 0.29) is 18.0 Å². The van der Waals surface area contributed by atoms with E-state index in [4.69, 9.17) is 10.5 Å². The molecule has 0 saturated heterocycles. The van der Waals surface area contributed by atoms with Gasteiger partial charge in [0, 0.05) is 0 Å². The van der Waals surface area contributed by atoms with Crippen molar-refractivity contribution >= 4 is 5.69 Å². The van der Waals surface area contributed by atoms with Crippen molar-refractivity contribution in [3.8, 4) is 5.75 Å². The fourth-order valence-electron chi connectivity index (χ4n) is 1.65. The van der Waals surface area contributed by atoms with E-state index in [1.165, 1.54) is 30.3 Å². The number of rotatable bonds is 3. The molecule has 20 heavy (non-hydrogen) atoms. The van der Waals surface area contributed by atoms with Gasteiger partial charge in [-0.3, -0.25) is 0 Å². The number of halogens is 4. The third-order valence-electron chi connectivity index (χ3n) is 2.65. The van der Waals surface area contributed by atoms with Gasteiger partial charge in [-0.1, -0.05) is 18.2 Å². The third-order valence-corrected chi connectivity index (χ3v) is 2.65. The van der Waals surface area contributed by atoms with E-state index >= 15 is 0 Å². The quantitative estimate of drug-likeness (QED) is 0.683. The third kappa shape index (κ3) is 3.20. The minimum Gasteiger partial charge on any atom is -0.488 e. The highest BCUT2D eigenvalue weighted by molar-refractivity contribution is 5.41. The molecule has 0 bridgehead atoms. The van der Waals surface area contributed by atoms with Crippen LogP contribution in [0.1, 0.15) is 11.1 Å². The zero-order valence-corrected chi connectivity index (χ0v) is 10.2. The lowest BCUT2D eigenvalue weighted by atomic mass is 10.2. The molecule has 6 heteroatoms. The summed E-state index contributed by atoms with van der Waals surface area (Å²) in [7, 11) is 0. The molecule has 0 aliphatic rings. The number of benzene rings is 2. The number of hydrogen-bond donors (Lipinski definition) is 1. The van der Waals surface area contributed by atoms with Crippen LogP contribution in [0.25, 0.3) is 0 Å². The maximum Gasteiger partial charge on any atom is 0.419 e. The topological polar surface area (TPSA) is 35.2 Å². The van der Waals surface area contributed by atoms with E-state index in [0.29, 0.717) is 5.56 Å². The normalized spacial score (nSPS) is 11.4. The first-order chi connectivity index (χ1) is 9.38. The molecule has 0 aromatic heterocycles. The summed E-state index contributed by atoms with van der Waals surface area (Å²) in [6, 6.07) is 8.83. The van der Waals surface area contributed by atoms with Crippen LogP contribution in [0.3, 0.4) is 0 Å². The first-order valence-corrected chi connectivity index (χ1v) is 5.71. The Morgan fingerprint density at radius 2 is 1.75 bits per heavy atom. The molecular weight excluding hydrogens is 274 g/mol. The smallest absolute Gasteiger partial charge is 0.419 e. The van der Waals surface area contributed by atoms with Crippen LogP contribution in [0.4, 0.5) is 23.2 Å². The van der Waals surface area contributed by atoms with Crippen LogP contribution in [0.15, 0.2) is 42.5 Å². The van der Waals surface area contributed by atoms with Crippen molar-refractivity contribution in [3.05, 3.63) is 59.4 Å². The second-order valence-electron chi connectivity index (χ2n) is 4.14. The monoisotopic (exact) mass is 285 g/mol. The van der Waals surface area contributed by atoms with Gasteiger partial charge >= 0.3 is 6.18 Å². The summed E-state index contributed by atoms with van der Waals surface area (Å²) in [6.45, 7) is -0.176. The molecule has 0 atom stereocenters. The maximum absolute atomic E-state index is 13.2. The van der Waals surface area contributed by atoms with Crippen molar-refractivity contribution in [1.82, 2.24) is 0 Å². The first kappa shape index (κ1) is 14.2. The second-order valence-corrected chi connectivity index (χ2v) is 4.14. The summed E-state index contributed by atoms with van der Waals surface area (Å²) >= 11 is 0. The van der Waals surface area contributed by atoms with Crippen LogP contribution >= 0.6 is 0 Å². The molecule has 0 aliphatic heterocycles. The first-order valence-electron chi connectivity index (χ1n) is 5.71. The molecule has 0 aliphatic carbocycles. The van der Waals surface area contributed by atoms with Crippen molar-refractivity contribution in [2.75, 3.05) is 5.73 Å². The van der Waals surface area contributed by atoms with Crippen LogP contribution < -0.4 is 10.5 Å². The predicted octanol–water partition coefficient (Wildman–Crippen LogP) is 4.01. The van der Waals surface area contributed by atoms with Crippen LogP contribution in [-0.2, 0) is 12.8 Å². The van der Waals surface area contributed by atoms with Gasteiger partial charge in [0.05, 0.1) is 11.3 Å². The minimum absolute atomic E-state index is 0.0237. The molecule has 2 N–H and O–H groups in total. The average Bonchev–Trinajstić information content (AvgIpc) is 2.39. The minimum atomic E-state index is -4.50. The van der Waals surface area contributed by atoms with Crippen molar-refractivity contribution in [2.24, 2.45) is 0 Å². The average molecular weight is 285 g/mol. The second kappa shape index (κ2) is 5.40. The lowest BCUT2D eigenvalue weighted by Crippen LogP contribution is -2.08. The number of anilines is 1. The molecule has 2 aromatic carbocycles. The van der Waals surface area contributed by atoms with Crippen molar-refractivity contribution in [3.63, 3.8) is 0 Å². The van der Waals surface area contributed by atoms with Crippen LogP contribution in [-0.4, -0.2) is 0 Å². The molecule has 0 radical (unpaired) electrons. The highest BCUT2D eigenvalue weighted by atomic mass is 19.4. The maximum atomic E-state index is 13.2. The molecule has 0 heterocycles. The number of nitrogens with two attached hydrogens (primary N) is 1. The van der Waals surface area contributed by atoms with Crippen molar-refractivity contribution in [1.29, 1.82) is 0 Å². The van der Waals surface area contributed by atoms with Gasteiger partial charge in [-0.2, -0.15) is 13.2 Å². The Hall–Kier alpha value is -2.24. The zero-order chi connectivity index (χ0) is 14.8. The van der Waals surface area contributed by atoms with Gasteiger partial charge in [-0.05, 0) is 29.8 Å². The summed E-state index contributed by atoms with van der Waals surface area (Å²) in [4.78, 5) is 0. The lowest BCUT2D eigenvalue weighted by molar-refractivity contribution is -0.139. The number of hydrogen-bond acceptors (Lipinski definition) is 2. The standard InChI is InChI=1S/C14H11F4NO/c15-11-7-9(5-6-12(11)19)8-20-13-4-2-1-3-10(13)14(16,17)18/h1-7H,8,19H2. The Morgan fingerprint density at radius 1 is 1.05 bits per heavy atom. The SMILES string of the molecule is Nc1ccc(COc2ccccc2C(F)(F)F)cc1F. The fraction of sp³-hybridized carbons (Fsp3) is 0.143. The highest BCUT2D eigenvalue weighted by Crippen LogP contribution is 2.36. The van der Waals surface area contributed by atoms with Crippen LogP contribution in [0, 0.1) is 5.82 Å². The molecule has 2 aromatic rings. The van der Waals surface area contributed by atoms with Gasteiger partial charge in [0.15, 0.2) is 0 Å². The van der Waals surface area contributed by atoms with Gasteiger partial charge in [0.25, 0.3) is 0 Å². The largest absolute Gasteiger partial charge is 0.488 e. The van der Waals surface area contributed by atoms with E-state index in [9.17, 15) is 17.6 Å². The molecular formula is C14H11F4NO. The summed E-state index contributed by atoms with van der Waals surface area (Å²) in [5, 5.41) is 0. The molecule has 0 amide bonds. The van der Waals surface area contributed by atoms with E-state index in [0.717, 1.165) is 12.1 Å². The van der Waals surface area contributed by atoms with E-state index in [1.54, 1.807) is 0 Å². The molecule has 2 rings (SSSR count). The van der Waals surface area contributed by atoms with E-state index in [1.807, 2.05) is 0 Å². The Morgan fingerprint density at radius 3 is 2.40 bits per heavy atom. The Kier molecular flexibility index (Phi) is 3.83. The summed E-state index contributed by atoms with van der Waals surface area (Å²) in [5.41, 5.74) is 4.82. The highest BCUT2D eigenvalue weighted by Gasteiger charge is 2.33. The Labute approximate surface area is 112 Å². The van der Waals surface area contributed by atoms with Crippen molar-refractivity contribution < 1.29 is 22.3 Å². The molecule has 106 valence electrons. The van der Waals surface area contributed by atoms with Gasteiger partial charge in [0.2, 0.25) is 0 Å². The molecule has 0 spiro atoms. The van der Waals surface area contributed by atoms with Gasteiger partial charge in [-0.25, -0.2) is 4.39 Å². The summed E-state index contributed by atoms with van der Waals surface area (Å²) in [6.07, 6.45) is -4.50. The number of para-hydroxylation sites is 1. The van der Waals surface area contributed by atoms with Gasteiger partial charge < -0.3 is 10.5 Å². The fourth-order valence-corrected chi connectivity index (χ4v) is 1.65. The number of nitrogen functional groups attached to an aromatic ring is 1. The van der Waals surface area contributed by atoms with Crippen LogP contribution in [0.5, 0.6) is 5.75 Å². The van der Waals surface area contributed by atoms with E-state index < -0.39 is 17.6 Å². The molecule has 0 saturated carbocycles. The van der Waals surface area contributed by atoms with Crippen molar-refractivity contribution in [2.45, 2.75) is 12.8 Å². The Bertz CT molecular complexity index is 610. The summed E-state index contributed by atoms with van der Waals surface area (Å²) < 4.78 is 56.5. The summed E-state index contributed by atoms with van der Waals surface area (Å²) in [5.74, 6) is -0.924. The number of ether oxygens (including phenoxy) is 1. The molecule has 2 nitrogen and oxygen atoms in total. The lowest BCUT2D eigenvalue weighted by Gasteiger charge is -2.13. The zero-order valence-electron chi connectivity index (χ0n) is 10.2. The molecule has 0 fully saturated rings. The Balaban J connectivity index is 2.17.